The molecule has 0 radical (unpaired) electrons. The highest BCUT2D eigenvalue weighted by Crippen LogP contribution is 2.23. The number of halogens is 2. The first-order valence-corrected chi connectivity index (χ1v) is 5.83. The highest BCUT2D eigenvalue weighted by Gasteiger charge is 2.06. The van der Waals surface area contributed by atoms with Gasteiger partial charge in [0, 0.05) is 10.0 Å². The van der Waals surface area contributed by atoms with Crippen molar-refractivity contribution in [1.29, 1.82) is 0 Å². The number of benzene rings is 1. The number of hydrogen-bond donors (Lipinski definition) is 0. The Bertz CT molecular complexity index is 497. The van der Waals surface area contributed by atoms with Crippen LogP contribution in [0.3, 0.4) is 0 Å². The maximum atomic E-state index is 13.1. The number of hydrogen-bond acceptors (Lipinski definition) is 1. The molecule has 0 fully saturated rings. The molecule has 0 aliphatic carbocycles. The molecule has 0 saturated carbocycles. The molecular formula is C13H11BrFN. The van der Waals surface area contributed by atoms with E-state index in [1.807, 2.05) is 36.4 Å². The second-order valence-electron chi connectivity index (χ2n) is 3.57. The predicted molar refractivity (Wildman–Crippen MR) is 66.9 cm³/mol. The molecule has 82 valence electrons. The molecule has 2 aromatic rings. The van der Waals surface area contributed by atoms with Gasteiger partial charge in [0.25, 0.3) is 0 Å². The van der Waals surface area contributed by atoms with Gasteiger partial charge < -0.3 is 0 Å². The Labute approximate surface area is 102 Å². The zero-order chi connectivity index (χ0) is 11.5. The van der Waals surface area contributed by atoms with E-state index in [4.69, 9.17) is 0 Å². The van der Waals surface area contributed by atoms with Gasteiger partial charge >= 0.3 is 0 Å². The normalized spacial score (nSPS) is 12.4. The van der Waals surface area contributed by atoms with Gasteiger partial charge in [-0.2, -0.15) is 0 Å². The number of pyridine rings is 1. The molecule has 0 saturated heterocycles. The minimum atomic E-state index is -1.04. The van der Waals surface area contributed by atoms with Crippen molar-refractivity contribution in [2.45, 2.75) is 13.1 Å². The summed E-state index contributed by atoms with van der Waals surface area (Å²) in [7, 11) is 0. The predicted octanol–water partition coefficient (Wildman–Crippen LogP) is 4.54. The maximum Gasteiger partial charge on any atom is 0.139 e. The van der Waals surface area contributed by atoms with E-state index in [2.05, 4.69) is 20.9 Å². The van der Waals surface area contributed by atoms with E-state index in [9.17, 15) is 4.39 Å². The second kappa shape index (κ2) is 4.74. The van der Waals surface area contributed by atoms with E-state index in [0.29, 0.717) is 5.69 Å². The summed E-state index contributed by atoms with van der Waals surface area (Å²) < 4.78 is 14.1. The molecule has 0 bridgehead atoms. The minimum Gasteiger partial charge on any atom is -0.250 e. The molecule has 1 unspecified atom stereocenters. The van der Waals surface area contributed by atoms with Gasteiger partial charge in [0.15, 0.2) is 0 Å². The van der Waals surface area contributed by atoms with Crippen LogP contribution in [0, 0.1) is 0 Å². The Hall–Kier alpha value is -1.22. The zero-order valence-corrected chi connectivity index (χ0v) is 10.4. The van der Waals surface area contributed by atoms with Crippen LogP contribution in [0.1, 0.15) is 18.8 Å². The highest BCUT2D eigenvalue weighted by atomic mass is 79.9. The molecule has 2 rings (SSSR count). The average molecular weight is 280 g/mol. The van der Waals surface area contributed by atoms with Crippen LogP contribution >= 0.6 is 15.9 Å². The summed E-state index contributed by atoms with van der Waals surface area (Å²) in [6, 6.07) is 13.2. The van der Waals surface area contributed by atoms with Gasteiger partial charge in [-0.05, 0) is 31.2 Å². The van der Waals surface area contributed by atoms with E-state index < -0.39 is 6.17 Å². The lowest BCUT2D eigenvalue weighted by atomic mass is 10.1. The van der Waals surface area contributed by atoms with Crippen LogP contribution in [-0.4, -0.2) is 4.98 Å². The van der Waals surface area contributed by atoms with Gasteiger partial charge in [-0.15, -0.1) is 0 Å². The van der Waals surface area contributed by atoms with E-state index in [1.54, 1.807) is 6.07 Å². The number of rotatable bonds is 2. The quantitative estimate of drug-likeness (QED) is 0.786. The first-order chi connectivity index (χ1) is 7.66. The fourth-order valence-electron chi connectivity index (χ4n) is 1.48. The third-order valence-electron chi connectivity index (χ3n) is 2.30. The van der Waals surface area contributed by atoms with Gasteiger partial charge in [-0.25, -0.2) is 9.37 Å². The van der Waals surface area contributed by atoms with Crippen LogP contribution in [-0.2, 0) is 0 Å². The SMILES string of the molecule is CC(F)c1cccc(-c2cccc(Br)c2)n1. The van der Waals surface area contributed by atoms with Gasteiger partial charge in [0.05, 0.1) is 11.4 Å². The largest absolute Gasteiger partial charge is 0.250 e. The number of nitrogens with zero attached hydrogens (tertiary/aromatic N) is 1. The summed E-state index contributed by atoms with van der Waals surface area (Å²) in [5.74, 6) is 0. The van der Waals surface area contributed by atoms with Crippen molar-refractivity contribution < 1.29 is 4.39 Å². The molecular weight excluding hydrogens is 269 g/mol. The van der Waals surface area contributed by atoms with Gasteiger partial charge in [0.2, 0.25) is 0 Å². The Morgan fingerprint density at radius 1 is 1.19 bits per heavy atom. The molecule has 1 heterocycles. The third-order valence-corrected chi connectivity index (χ3v) is 2.79. The molecule has 1 atom stereocenters. The van der Waals surface area contributed by atoms with E-state index in [1.165, 1.54) is 6.92 Å². The molecule has 1 nitrogen and oxygen atoms in total. The Balaban J connectivity index is 2.44. The highest BCUT2D eigenvalue weighted by molar-refractivity contribution is 9.10. The standard InChI is InChI=1S/C13H11BrFN/c1-9(15)12-6-3-7-13(16-12)10-4-2-5-11(14)8-10/h2-9H,1H3. The van der Waals surface area contributed by atoms with Crippen LogP contribution in [0.4, 0.5) is 4.39 Å². The topological polar surface area (TPSA) is 12.9 Å². The van der Waals surface area contributed by atoms with E-state index >= 15 is 0 Å². The lowest BCUT2D eigenvalue weighted by molar-refractivity contribution is 0.366. The lowest BCUT2D eigenvalue weighted by Crippen LogP contribution is -1.92. The van der Waals surface area contributed by atoms with Crippen molar-refractivity contribution in [2.24, 2.45) is 0 Å². The number of alkyl halides is 1. The minimum absolute atomic E-state index is 0.470. The van der Waals surface area contributed by atoms with Gasteiger partial charge in [0.1, 0.15) is 6.17 Å². The first-order valence-electron chi connectivity index (χ1n) is 5.04. The summed E-state index contributed by atoms with van der Waals surface area (Å²) in [4.78, 5) is 4.29. The molecule has 1 aromatic heterocycles. The lowest BCUT2D eigenvalue weighted by Gasteiger charge is -2.05. The van der Waals surface area contributed by atoms with Crippen molar-refractivity contribution in [3.63, 3.8) is 0 Å². The maximum absolute atomic E-state index is 13.1. The molecule has 0 spiro atoms. The van der Waals surface area contributed by atoms with E-state index in [-0.39, 0.29) is 0 Å². The monoisotopic (exact) mass is 279 g/mol. The molecule has 0 aliphatic heterocycles. The zero-order valence-electron chi connectivity index (χ0n) is 8.82. The number of aromatic nitrogens is 1. The Kier molecular flexibility index (Phi) is 3.34. The van der Waals surface area contributed by atoms with Crippen molar-refractivity contribution in [3.8, 4) is 11.3 Å². The summed E-state index contributed by atoms with van der Waals surface area (Å²) in [5.41, 5.74) is 2.25. The van der Waals surface area contributed by atoms with Crippen LogP contribution in [0.25, 0.3) is 11.3 Å². The van der Waals surface area contributed by atoms with Crippen LogP contribution in [0.15, 0.2) is 46.9 Å². The summed E-state index contributed by atoms with van der Waals surface area (Å²) in [6.45, 7) is 1.49. The molecule has 3 heteroatoms. The van der Waals surface area contributed by atoms with Crippen LogP contribution in [0.2, 0.25) is 0 Å². The van der Waals surface area contributed by atoms with Gasteiger partial charge in [-0.3, -0.25) is 0 Å². The first kappa shape index (κ1) is 11.3. The third kappa shape index (κ3) is 2.47. The fraction of sp³-hybridized carbons (Fsp3) is 0.154. The van der Waals surface area contributed by atoms with Crippen LogP contribution < -0.4 is 0 Å². The van der Waals surface area contributed by atoms with Crippen molar-refractivity contribution in [2.75, 3.05) is 0 Å². The summed E-state index contributed by atoms with van der Waals surface area (Å²) in [5, 5.41) is 0. The van der Waals surface area contributed by atoms with Crippen molar-refractivity contribution in [1.82, 2.24) is 4.98 Å². The molecule has 1 aromatic carbocycles. The Morgan fingerprint density at radius 2 is 1.94 bits per heavy atom. The molecule has 16 heavy (non-hydrogen) atoms. The van der Waals surface area contributed by atoms with E-state index in [0.717, 1.165) is 15.7 Å². The molecule has 0 amide bonds. The molecule has 0 N–H and O–H groups in total. The summed E-state index contributed by atoms with van der Waals surface area (Å²) in [6.07, 6.45) is -1.04. The van der Waals surface area contributed by atoms with Crippen molar-refractivity contribution >= 4 is 15.9 Å². The fourth-order valence-corrected chi connectivity index (χ4v) is 1.88. The van der Waals surface area contributed by atoms with Crippen LogP contribution in [0.5, 0.6) is 0 Å². The smallest absolute Gasteiger partial charge is 0.139 e. The van der Waals surface area contributed by atoms with Gasteiger partial charge in [-0.1, -0.05) is 34.1 Å². The average Bonchev–Trinajstić information content (AvgIpc) is 2.29. The Morgan fingerprint density at radius 3 is 2.62 bits per heavy atom. The van der Waals surface area contributed by atoms with Crippen molar-refractivity contribution in [3.05, 3.63) is 52.6 Å². The molecule has 0 aliphatic rings. The second-order valence-corrected chi connectivity index (χ2v) is 4.49. The summed E-state index contributed by atoms with van der Waals surface area (Å²) >= 11 is 3.41.